The Morgan fingerprint density at radius 2 is 2.36 bits per heavy atom. The van der Waals surface area contributed by atoms with Crippen LogP contribution in [-0.4, -0.2) is 13.2 Å². The molecule has 1 unspecified atom stereocenters. The molecule has 0 saturated carbocycles. The van der Waals surface area contributed by atoms with Crippen molar-refractivity contribution in [2.24, 2.45) is 5.92 Å². The molecule has 2 nitrogen and oxygen atoms in total. The molecule has 1 aliphatic heterocycles. The van der Waals surface area contributed by atoms with Gasteiger partial charge in [0.1, 0.15) is 0 Å². The van der Waals surface area contributed by atoms with Crippen LogP contribution in [0, 0.1) is 5.92 Å². The van der Waals surface area contributed by atoms with Gasteiger partial charge in [-0.3, -0.25) is 5.32 Å². The van der Waals surface area contributed by atoms with Crippen molar-refractivity contribution in [3.63, 3.8) is 0 Å². The Balaban J connectivity index is 2.03. The molecule has 3 aliphatic rings. The van der Waals surface area contributed by atoms with Crippen molar-refractivity contribution in [2.75, 3.05) is 13.2 Å². The summed E-state index contributed by atoms with van der Waals surface area (Å²) in [6.45, 7) is 1.95. The molecular formula is C9H10N2. The summed E-state index contributed by atoms with van der Waals surface area (Å²) in [5.41, 5.74) is 4.35. The van der Waals surface area contributed by atoms with E-state index < -0.39 is 0 Å². The Labute approximate surface area is 65.7 Å². The number of rotatable bonds is 0. The maximum absolute atomic E-state index is 3.38. The van der Waals surface area contributed by atoms with Gasteiger partial charge in [-0.25, -0.2) is 0 Å². The van der Waals surface area contributed by atoms with Gasteiger partial charge in [0, 0.05) is 18.2 Å². The van der Waals surface area contributed by atoms with E-state index in [9.17, 15) is 0 Å². The van der Waals surface area contributed by atoms with E-state index in [4.69, 9.17) is 0 Å². The van der Waals surface area contributed by atoms with Crippen molar-refractivity contribution in [2.45, 2.75) is 0 Å². The molecule has 11 heavy (non-hydrogen) atoms. The van der Waals surface area contributed by atoms with Gasteiger partial charge in [0.05, 0.1) is 6.67 Å². The van der Waals surface area contributed by atoms with Crippen LogP contribution in [-0.2, 0) is 0 Å². The van der Waals surface area contributed by atoms with Crippen LogP contribution in [0.5, 0.6) is 0 Å². The first kappa shape index (κ1) is 5.61. The van der Waals surface area contributed by atoms with E-state index >= 15 is 0 Å². The first-order valence-corrected chi connectivity index (χ1v) is 4.02. The number of nitrogens with one attached hydrogen (secondary N) is 2. The van der Waals surface area contributed by atoms with Gasteiger partial charge in [0.2, 0.25) is 0 Å². The minimum atomic E-state index is 0.650. The molecule has 0 aromatic heterocycles. The highest BCUT2D eigenvalue weighted by Gasteiger charge is 2.31. The van der Waals surface area contributed by atoms with Crippen LogP contribution in [0.1, 0.15) is 0 Å². The molecule has 0 saturated heterocycles. The predicted molar refractivity (Wildman–Crippen MR) is 43.7 cm³/mol. The summed E-state index contributed by atoms with van der Waals surface area (Å²) in [5, 5.41) is 6.66. The second kappa shape index (κ2) is 1.77. The predicted octanol–water partition coefficient (Wildman–Crippen LogP) is 0.517. The van der Waals surface area contributed by atoms with Crippen LogP contribution >= 0.6 is 0 Å². The van der Waals surface area contributed by atoms with E-state index in [0.717, 1.165) is 13.2 Å². The molecule has 56 valence electrons. The van der Waals surface area contributed by atoms with Gasteiger partial charge in [-0.15, -0.1) is 0 Å². The molecule has 0 aromatic rings. The number of hydrogen-bond acceptors (Lipinski definition) is 2. The molecule has 2 aliphatic carbocycles. The third-order valence-electron chi connectivity index (χ3n) is 2.46. The Bertz CT molecular complexity index is 297. The number of allylic oxidation sites excluding steroid dienone is 2. The Hall–Kier alpha value is -1.02. The van der Waals surface area contributed by atoms with Crippen molar-refractivity contribution < 1.29 is 0 Å². The van der Waals surface area contributed by atoms with Crippen molar-refractivity contribution in [3.05, 3.63) is 35.1 Å². The average molecular weight is 146 g/mol. The summed E-state index contributed by atoms with van der Waals surface area (Å²) < 4.78 is 0. The molecule has 2 heteroatoms. The van der Waals surface area contributed by atoms with Gasteiger partial charge in [-0.05, 0) is 11.1 Å². The second-order valence-corrected chi connectivity index (χ2v) is 3.20. The fraction of sp³-hybridized carbons (Fsp3) is 0.333. The SMILES string of the molecule is C1=CC2=C(NCNC2)C2C=C12. The third-order valence-corrected chi connectivity index (χ3v) is 2.46. The normalized spacial score (nSPS) is 32.0. The van der Waals surface area contributed by atoms with Gasteiger partial charge in [-0.2, -0.15) is 0 Å². The lowest BCUT2D eigenvalue weighted by Gasteiger charge is -2.23. The molecular weight excluding hydrogens is 136 g/mol. The molecule has 3 rings (SSSR count). The van der Waals surface area contributed by atoms with E-state index in [1.165, 1.54) is 16.8 Å². The minimum Gasteiger partial charge on any atom is -0.375 e. The molecule has 1 atom stereocenters. The summed E-state index contributed by atoms with van der Waals surface area (Å²) in [5.74, 6) is 0.650. The van der Waals surface area contributed by atoms with Crippen LogP contribution in [0.3, 0.4) is 0 Å². The molecule has 0 aromatic carbocycles. The molecule has 2 N–H and O–H groups in total. The molecule has 0 spiro atoms. The number of hydrogen-bond donors (Lipinski definition) is 2. The lowest BCUT2D eigenvalue weighted by atomic mass is 10.0. The summed E-state index contributed by atoms with van der Waals surface area (Å²) in [6.07, 6.45) is 6.74. The summed E-state index contributed by atoms with van der Waals surface area (Å²) in [6, 6.07) is 0. The topological polar surface area (TPSA) is 24.1 Å². The van der Waals surface area contributed by atoms with E-state index in [0.29, 0.717) is 5.92 Å². The van der Waals surface area contributed by atoms with E-state index in [-0.39, 0.29) is 0 Å². The van der Waals surface area contributed by atoms with Crippen LogP contribution < -0.4 is 10.6 Å². The van der Waals surface area contributed by atoms with E-state index in [1.54, 1.807) is 0 Å². The Morgan fingerprint density at radius 1 is 1.36 bits per heavy atom. The highest BCUT2D eigenvalue weighted by atomic mass is 15.1. The van der Waals surface area contributed by atoms with Crippen molar-refractivity contribution in [3.8, 4) is 0 Å². The monoisotopic (exact) mass is 146 g/mol. The van der Waals surface area contributed by atoms with E-state index in [1.807, 2.05) is 0 Å². The van der Waals surface area contributed by atoms with Crippen LogP contribution in [0.15, 0.2) is 35.1 Å². The van der Waals surface area contributed by atoms with Crippen molar-refractivity contribution >= 4 is 0 Å². The molecule has 0 bridgehead atoms. The van der Waals surface area contributed by atoms with Crippen LogP contribution in [0.2, 0.25) is 0 Å². The van der Waals surface area contributed by atoms with Gasteiger partial charge >= 0.3 is 0 Å². The first-order chi connectivity index (χ1) is 5.45. The highest BCUT2D eigenvalue weighted by Crippen LogP contribution is 2.40. The molecule has 0 radical (unpaired) electrons. The molecule has 0 amide bonds. The Morgan fingerprint density at radius 3 is 3.36 bits per heavy atom. The van der Waals surface area contributed by atoms with Crippen molar-refractivity contribution in [1.29, 1.82) is 0 Å². The standard InChI is InChI=1S/C9H10N2/c1-2-7-4-10-5-11-9(7)8-3-6(1)8/h1-3,8,10-11H,4-5H2. The van der Waals surface area contributed by atoms with Gasteiger partial charge in [-0.1, -0.05) is 18.2 Å². The maximum Gasteiger partial charge on any atom is 0.0653 e. The molecule has 0 fully saturated rings. The molecule has 1 heterocycles. The lowest BCUT2D eigenvalue weighted by molar-refractivity contribution is 0.599. The zero-order chi connectivity index (χ0) is 7.26. The van der Waals surface area contributed by atoms with Gasteiger partial charge in [0.25, 0.3) is 0 Å². The average Bonchev–Trinajstić information content (AvgIpc) is 2.83. The van der Waals surface area contributed by atoms with Crippen LogP contribution in [0.25, 0.3) is 0 Å². The fourth-order valence-corrected chi connectivity index (χ4v) is 1.77. The third kappa shape index (κ3) is 0.701. The largest absolute Gasteiger partial charge is 0.375 e. The first-order valence-electron chi connectivity index (χ1n) is 4.02. The minimum absolute atomic E-state index is 0.650. The van der Waals surface area contributed by atoms with E-state index in [2.05, 4.69) is 28.9 Å². The zero-order valence-corrected chi connectivity index (χ0v) is 6.22. The Kier molecular flexibility index (Phi) is 0.902. The summed E-state index contributed by atoms with van der Waals surface area (Å²) in [7, 11) is 0. The van der Waals surface area contributed by atoms with Gasteiger partial charge < -0.3 is 5.32 Å². The number of fused-ring (bicyclic) bond motifs is 2. The maximum atomic E-state index is 3.38. The zero-order valence-electron chi connectivity index (χ0n) is 6.22. The summed E-state index contributed by atoms with van der Waals surface area (Å²) >= 11 is 0. The lowest BCUT2D eigenvalue weighted by Crippen LogP contribution is -2.37. The fourth-order valence-electron chi connectivity index (χ4n) is 1.77. The van der Waals surface area contributed by atoms with Gasteiger partial charge in [0.15, 0.2) is 0 Å². The second-order valence-electron chi connectivity index (χ2n) is 3.20. The van der Waals surface area contributed by atoms with Crippen LogP contribution in [0.4, 0.5) is 0 Å². The highest BCUT2D eigenvalue weighted by molar-refractivity contribution is 5.55. The van der Waals surface area contributed by atoms with Crippen molar-refractivity contribution in [1.82, 2.24) is 10.6 Å². The smallest absolute Gasteiger partial charge is 0.0653 e. The quantitative estimate of drug-likeness (QED) is 0.520. The summed E-state index contributed by atoms with van der Waals surface area (Å²) in [4.78, 5) is 0.